The molecule has 5 aliphatic carbocycles. The normalized spacial score (nSPS) is 54.2. The largest absolute Gasteiger partial charge is 0.327 e. The van der Waals surface area contributed by atoms with Crippen molar-refractivity contribution in [1.82, 2.24) is 0 Å². The molecule has 19 heavy (non-hydrogen) atoms. The van der Waals surface area contributed by atoms with Crippen LogP contribution in [0.25, 0.3) is 0 Å². The molecule has 0 radical (unpaired) electrons. The first-order chi connectivity index (χ1) is 9.10. The van der Waals surface area contributed by atoms with Gasteiger partial charge in [0.15, 0.2) is 0 Å². The standard InChI is InChI=1S/C18H29N/c1-11-9-14(19)12(2)15-13(11)10-18(15)16(5-3-6-16)17(18)7-4-8-17/h11-15H,3-10,19H2,1-2H3. The number of hydrogen-bond donors (Lipinski definition) is 1. The van der Waals surface area contributed by atoms with E-state index in [1.807, 2.05) is 0 Å². The van der Waals surface area contributed by atoms with Gasteiger partial charge in [-0.1, -0.05) is 26.7 Å². The van der Waals surface area contributed by atoms with Gasteiger partial charge < -0.3 is 5.73 Å². The molecule has 5 aliphatic rings. The average molecular weight is 259 g/mol. The smallest absolute Gasteiger partial charge is 0.00701 e. The molecule has 0 heterocycles. The molecule has 0 aliphatic heterocycles. The molecule has 0 saturated heterocycles. The monoisotopic (exact) mass is 259 g/mol. The molecule has 2 N–H and O–H groups in total. The average Bonchev–Trinajstić information content (AvgIpc) is 2.84. The first kappa shape index (κ1) is 11.6. The van der Waals surface area contributed by atoms with Crippen LogP contribution in [0.1, 0.15) is 65.2 Å². The Balaban J connectivity index is 1.55. The van der Waals surface area contributed by atoms with Gasteiger partial charge in [-0.15, -0.1) is 0 Å². The molecule has 1 heteroatoms. The van der Waals surface area contributed by atoms with E-state index in [1.54, 1.807) is 32.1 Å². The fourth-order valence-electron chi connectivity index (χ4n) is 8.22. The van der Waals surface area contributed by atoms with Crippen LogP contribution in [0.3, 0.4) is 0 Å². The van der Waals surface area contributed by atoms with Crippen LogP contribution in [-0.2, 0) is 0 Å². The summed E-state index contributed by atoms with van der Waals surface area (Å²) >= 11 is 0. The van der Waals surface area contributed by atoms with Crippen LogP contribution in [0.15, 0.2) is 0 Å². The van der Waals surface area contributed by atoms with E-state index < -0.39 is 0 Å². The van der Waals surface area contributed by atoms with Gasteiger partial charge in [0.1, 0.15) is 0 Å². The van der Waals surface area contributed by atoms with Crippen molar-refractivity contribution in [3.05, 3.63) is 0 Å². The Morgan fingerprint density at radius 2 is 1.53 bits per heavy atom. The van der Waals surface area contributed by atoms with E-state index in [0.29, 0.717) is 6.04 Å². The Bertz CT molecular complexity index is 401. The van der Waals surface area contributed by atoms with Crippen LogP contribution in [-0.4, -0.2) is 6.04 Å². The van der Waals surface area contributed by atoms with Crippen molar-refractivity contribution in [1.29, 1.82) is 0 Å². The zero-order valence-corrected chi connectivity index (χ0v) is 12.6. The number of rotatable bonds is 0. The van der Waals surface area contributed by atoms with Crippen LogP contribution in [0.4, 0.5) is 0 Å². The van der Waals surface area contributed by atoms with E-state index in [-0.39, 0.29) is 0 Å². The highest BCUT2D eigenvalue weighted by molar-refractivity contribution is 5.41. The van der Waals surface area contributed by atoms with Crippen molar-refractivity contribution in [3.8, 4) is 0 Å². The molecule has 5 unspecified atom stereocenters. The molecular formula is C18H29N. The van der Waals surface area contributed by atoms with E-state index >= 15 is 0 Å². The van der Waals surface area contributed by atoms with Crippen LogP contribution in [0, 0.1) is 39.9 Å². The molecule has 0 aromatic carbocycles. The summed E-state index contributed by atoms with van der Waals surface area (Å²) in [5, 5.41) is 0. The van der Waals surface area contributed by atoms with Gasteiger partial charge in [0.25, 0.3) is 0 Å². The van der Waals surface area contributed by atoms with Crippen molar-refractivity contribution < 1.29 is 0 Å². The Morgan fingerprint density at radius 1 is 0.947 bits per heavy atom. The number of fused-ring (bicyclic) bond motifs is 5. The van der Waals surface area contributed by atoms with Crippen molar-refractivity contribution >= 4 is 0 Å². The summed E-state index contributed by atoms with van der Waals surface area (Å²) in [5.74, 6) is 3.74. The number of hydrogen-bond acceptors (Lipinski definition) is 1. The SMILES string of the molecule is CC1CC(N)C(C)C2C1CC21C2(CCC2)C12CCC2. The lowest BCUT2D eigenvalue weighted by Crippen LogP contribution is -2.58. The van der Waals surface area contributed by atoms with Crippen LogP contribution in [0.2, 0.25) is 0 Å². The molecule has 0 bridgehead atoms. The van der Waals surface area contributed by atoms with E-state index in [4.69, 9.17) is 5.73 Å². The van der Waals surface area contributed by atoms with Crippen molar-refractivity contribution in [3.63, 3.8) is 0 Å². The second-order valence-corrected chi connectivity index (χ2v) is 8.97. The summed E-state index contributed by atoms with van der Waals surface area (Å²) in [6.07, 6.45) is 12.2. The fourth-order valence-corrected chi connectivity index (χ4v) is 8.22. The minimum atomic E-state index is 0.489. The predicted molar refractivity (Wildman–Crippen MR) is 77.5 cm³/mol. The van der Waals surface area contributed by atoms with Crippen molar-refractivity contribution in [2.45, 2.75) is 71.3 Å². The quantitative estimate of drug-likeness (QED) is 0.700. The van der Waals surface area contributed by atoms with E-state index in [1.165, 1.54) is 19.3 Å². The minimum Gasteiger partial charge on any atom is -0.327 e. The molecule has 1 nitrogen and oxygen atoms in total. The third kappa shape index (κ3) is 0.883. The predicted octanol–water partition coefficient (Wildman–Crippen LogP) is 3.97. The summed E-state index contributed by atoms with van der Waals surface area (Å²) in [5.41, 5.74) is 8.97. The lowest BCUT2D eigenvalue weighted by Gasteiger charge is -2.61. The topological polar surface area (TPSA) is 26.0 Å². The van der Waals surface area contributed by atoms with Gasteiger partial charge in [0, 0.05) is 6.04 Å². The van der Waals surface area contributed by atoms with Gasteiger partial charge in [0.2, 0.25) is 0 Å². The Morgan fingerprint density at radius 3 is 2.00 bits per heavy atom. The first-order valence-corrected chi connectivity index (χ1v) is 8.85. The van der Waals surface area contributed by atoms with Gasteiger partial charge in [-0.05, 0) is 78.4 Å². The molecule has 5 saturated carbocycles. The molecule has 0 aromatic heterocycles. The lowest BCUT2D eigenvalue weighted by atomic mass is 9.44. The Labute approximate surface area is 117 Å². The van der Waals surface area contributed by atoms with E-state index in [0.717, 1.165) is 39.9 Å². The van der Waals surface area contributed by atoms with Gasteiger partial charge in [-0.2, -0.15) is 0 Å². The molecular weight excluding hydrogens is 230 g/mol. The minimum absolute atomic E-state index is 0.489. The highest BCUT2D eigenvalue weighted by Crippen LogP contribution is 2.99. The van der Waals surface area contributed by atoms with Crippen LogP contribution in [0.5, 0.6) is 0 Å². The number of nitrogens with two attached hydrogens (primary N) is 1. The van der Waals surface area contributed by atoms with Crippen LogP contribution < -0.4 is 5.73 Å². The van der Waals surface area contributed by atoms with Gasteiger partial charge in [-0.25, -0.2) is 0 Å². The highest BCUT2D eigenvalue weighted by Gasteiger charge is 2.93. The van der Waals surface area contributed by atoms with Crippen molar-refractivity contribution in [2.24, 2.45) is 45.7 Å². The zero-order chi connectivity index (χ0) is 13.0. The Hall–Kier alpha value is -0.0400. The molecule has 5 rings (SSSR count). The maximum Gasteiger partial charge on any atom is 0.00701 e. The van der Waals surface area contributed by atoms with Gasteiger partial charge in [0.05, 0.1) is 0 Å². The summed E-state index contributed by atoms with van der Waals surface area (Å²) in [6, 6.07) is 0.489. The van der Waals surface area contributed by atoms with Crippen molar-refractivity contribution in [2.75, 3.05) is 0 Å². The van der Waals surface area contributed by atoms with E-state index in [2.05, 4.69) is 13.8 Å². The second kappa shape index (κ2) is 3.08. The summed E-state index contributed by atoms with van der Waals surface area (Å²) in [6.45, 7) is 4.98. The Kier molecular flexibility index (Phi) is 1.88. The fraction of sp³-hybridized carbons (Fsp3) is 1.00. The molecule has 0 amide bonds. The summed E-state index contributed by atoms with van der Waals surface area (Å²) < 4.78 is 0. The second-order valence-electron chi connectivity index (χ2n) is 8.97. The van der Waals surface area contributed by atoms with Gasteiger partial charge >= 0.3 is 0 Å². The third-order valence-electron chi connectivity index (χ3n) is 9.18. The zero-order valence-electron chi connectivity index (χ0n) is 12.6. The highest BCUT2D eigenvalue weighted by atomic mass is 15.0. The van der Waals surface area contributed by atoms with Crippen LogP contribution >= 0.6 is 0 Å². The summed E-state index contributed by atoms with van der Waals surface area (Å²) in [7, 11) is 0. The maximum atomic E-state index is 6.50. The molecule has 0 aromatic rings. The molecule has 5 atom stereocenters. The van der Waals surface area contributed by atoms with Gasteiger partial charge in [-0.3, -0.25) is 0 Å². The summed E-state index contributed by atoms with van der Waals surface area (Å²) in [4.78, 5) is 0. The maximum absolute atomic E-state index is 6.50. The molecule has 5 fully saturated rings. The first-order valence-electron chi connectivity index (χ1n) is 8.85. The third-order valence-corrected chi connectivity index (χ3v) is 9.18. The van der Waals surface area contributed by atoms with E-state index in [9.17, 15) is 0 Å². The molecule has 106 valence electrons. The lowest BCUT2D eigenvalue weighted by molar-refractivity contribution is -0.119. The molecule has 3 spiro atoms.